The van der Waals surface area contributed by atoms with Gasteiger partial charge in [0, 0.05) is 49.5 Å². The number of pyridine rings is 1. The SMILES string of the molecule is COCCOCC1CCN(c2ccnc3cc(F)ccc23)C1. The summed E-state index contributed by atoms with van der Waals surface area (Å²) in [6, 6.07) is 6.80. The number of ether oxygens (including phenoxy) is 2. The Morgan fingerprint density at radius 2 is 2.23 bits per heavy atom. The molecular formula is C17H21FN2O2. The summed E-state index contributed by atoms with van der Waals surface area (Å²) in [5, 5.41) is 1.00. The van der Waals surface area contributed by atoms with Gasteiger partial charge in [0.05, 0.1) is 25.3 Å². The van der Waals surface area contributed by atoms with Crippen molar-refractivity contribution < 1.29 is 13.9 Å². The molecule has 2 aromatic rings. The van der Waals surface area contributed by atoms with Gasteiger partial charge < -0.3 is 14.4 Å². The summed E-state index contributed by atoms with van der Waals surface area (Å²) in [6.45, 7) is 4.00. The van der Waals surface area contributed by atoms with Gasteiger partial charge in [0.2, 0.25) is 0 Å². The van der Waals surface area contributed by atoms with Crippen molar-refractivity contribution in [2.75, 3.05) is 44.9 Å². The molecule has 1 aromatic carbocycles. The number of hydrogen-bond acceptors (Lipinski definition) is 4. The smallest absolute Gasteiger partial charge is 0.125 e. The Balaban J connectivity index is 1.68. The van der Waals surface area contributed by atoms with Crippen LogP contribution in [0, 0.1) is 11.7 Å². The van der Waals surface area contributed by atoms with E-state index in [2.05, 4.69) is 9.88 Å². The molecule has 0 N–H and O–H groups in total. The predicted octanol–water partition coefficient (Wildman–Crippen LogP) is 2.86. The lowest BCUT2D eigenvalue weighted by Gasteiger charge is -2.20. The van der Waals surface area contributed by atoms with E-state index in [9.17, 15) is 4.39 Å². The summed E-state index contributed by atoms with van der Waals surface area (Å²) in [5.74, 6) is 0.281. The Morgan fingerprint density at radius 1 is 1.32 bits per heavy atom. The maximum Gasteiger partial charge on any atom is 0.125 e. The van der Waals surface area contributed by atoms with Crippen molar-refractivity contribution in [1.29, 1.82) is 0 Å². The first-order valence-electron chi connectivity index (χ1n) is 7.64. The zero-order valence-corrected chi connectivity index (χ0v) is 12.8. The van der Waals surface area contributed by atoms with Crippen LogP contribution in [0.25, 0.3) is 10.9 Å². The lowest BCUT2D eigenvalue weighted by molar-refractivity contribution is 0.0549. The molecule has 0 saturated carbocycles. The lowest BCUT2D eigenvalue weighted by Crippen LogP contribution is -2.21. The van der Waals surface area contributed by atoms with E-state index in [0.717, 1.165) is 37.2 Å². The van der Waals surface area contributed by atoms with Crippen LogP contribution in [0.4, 0.5) is 10.1 Å². The topological polar surface area (TPSA) is 34.6 Å². The molecule has 118 valence electrons. The monoisotopic (exact) mass is 304 g/mol. The minimum atomic E-state index is -0.247. The van der Waals surface area contributed by atoms with Gasteiger partial charge in [-0.15, -0.1) is 0 Å². The van der Waals surface area contributed by atoms with Gasteiger partial charge >= 0.3 is 0 Å². The van der Waals surface area contributed by atoms with Gasteiger partial charge in [-0.05, 0) is 24.6 Å². The van der Waals surface area contributed by atoms with Crippen molar-refractivity contribution in [3.05, 3.63) is 36.3 Å². The fourth-order valence-corrected chi connectivity index (χ4v) is 2.96. The van der Waals surface area contributed by atoms with Gasteiger partial charge in [-0.1, -0.05) is 0 Å². The number of benzene rings is 1. The van der Waals surface area contributed by atoms with Crippen molar-refractivity contribution in [1.82, 2.24) is 4.98 Å². The molecule has 1 saturated heterocycles. The van der Waals surface area contributed by atoms with E-state index in [-0.39, 0.29) is 5.82 Å². The Morgan fingerprint density at radius 3 is 3.09 bits per heavy atom. The number of halogens is 1. The number of anilines is 1. The number of rotatable bonds is 6. The molecule has 1 unspecified atom stereocenters. The first-order valence-corrected chi connectivity index (χ1v) is 7.64. The predicted molar refractivity (Wildman–Crippen MR) is 84.7 cm³/mol. The van der Waals surface area contributed by atoms with Crippen molar-refractivity contribution in [3.8, 4) is 0 Å². The summed E-state index contributed by atoms with van der Waals surface area (Å²) in [6.07, 6.45) is 2.86. The second-order valence-electron chi connectivity index (χ2n) is 5.66. The van der Waals surface area contributed by atoms with Crippen molar-refractivity contribution in [2.45, 2.75) is 6.42 Å². The molecule has 0 spiro atoms. The molecule has 5 heteroatoms. The maximum atomic E-state index is 13.3. The fraction of sp³-hybridized carbons (Fsp3) is 0.471. The molecule has 1 aliphatic heterocycles. The maximum absolute atomic E-state index is 13.3. The van der Waals surface area contributed by atoms with Gasteiger partial charge in [0.25, 0.3) is 0 Å². The van der Waals surface area contributed by atoms with Crippen molar-refractivity contribution in [2.24, 2.45) is 5.92 Å². The minimum absolute atomic E-state index is 0.247. The van der Waals surface area contributed by atoms with Crippen LogP contribution in [-0.4, -0.2) is 45.0 Å². The zero-order valence-electron chi connectivity index (χ0n) is 12.8. The molecule has 22 heavy (non-hydrogen) atoms. The van der Waals surface area contributed by atoms with Gasteiger partial charge in [-0.2, -0.15) is 0 Å². The molecule has 0 aliphatic carbocycles. The van der Waals surface area contributed by atoms with E-state index in [4.69, 9.17) is 9.47 Å². The molecule has 4 nitrogen and oxygen atoms in total. The Hall–Kier alpha value is -1.72. The van der Waals surface area contributed by atoms with E-state index >= 15 is 0 Å². The van der Waals surface area contributed by atoms with Crippen LogP contribution >= 0.6 is 0 Å². The fourth-order valence-electron chi connectivity index (χ4n) is 2.96. The second kappa shape index (κ2) is 7.03. The number of fused-ring (bicyclic) bond motifs is 1. The molecule has 0 radical (unpaired) electrons. The van der Waals surface area contributed by atoms with Gasteiger partial charge in [-0.25, -0.2) is 4.39 Å². The average Bonchev–Trinajstić information content (AvgIpc) is 2.99. The first kappa shape index (κ1) is 15.2. The highest BCUT2D eigenvalue weighted by molar-refractivity contribution is 5.91. The number of nitrogens with zero attached hydrogens (tertiary/aromatic N) is 2. The molecule has 1 aliphatic rings. The first-order chi connectivity index (χ1) is 10.8. The van der Waals surface area contributed by atoms with Crippen LogP contribution in [0.1, 0.15) is 6.42 Å². The lowest BCUT2D eigenvalue weighted by atomic mass is 10.1. The minimum Gasteiger partial charge on any atom is -0.382 e. The normalized spacial score (nSPS) is 18.3. The Labute approximate surface area is 129 Å². The summed E-state index contributed by atoms with van der Waals surface area (Å²) < 4.78 is 23.9. The highest BCUT2D eigenvalue weighted by Gasteiger charge is 2.24. The Kier molecular flexibility index (Phi) is 4.85. The van der Waals surface area contributed by atoms with Gasteiger partial charge in [-0.3, -0.25) is 4.98 Å². The quantitative estimate of drug-likeness (QED) is 0.769. The molecule has 0 amide bonds. The van der Waals surface area contributed by atoms with E-state index in [1.807, 2.05) is 12.1 Å². The van der Waals surface area contributed by atoms with Gasteiger partial charge in [0.15, 0.2) is 0 Å². The third-order valence-electron chi connectivity index (χ3n) is 4.09. The highest BCUT2D eigenvalue weighted by Crippen LogP contribution is 2.30. The zero-order chi connectivity index (χ0) is 15.4. The third kappa shape index (κ3) is 3.36. The molecule has 2 heterocycles. The van der Waals surface area contributed by atoms with Crippen LogP contribution in [-0.2, 0) is 9.47 Å². The van der Waals surface area contributed by atoms with Crippen LogP contribution in [0.3, 0.4) is 0 Å². The van der Waals surface area contributed by atoms with Crippen molar-refractivity contribution in [3.63, 3.8) is 0 Å². The van der Waals surface area contributed by atoms with E-state index in [1.165, 1.54) is 12.1 Å². The number of hydrogen-bond donors (Lipinski definition) is 0. The molecule has 1 fully saturated rings. The van der Waals surface area contributed by atoms with Crippen LogP contribution in [0.2, 0.25) is 0 Å². The number of methoxy groups -OCH3 is 1. The van der Waals surface area contributed by atoms with E-state index < -0.39 is 0 Å². The standard InChI is InChI=1S/C17H21FN2O2/c1-21-8-9-22-12-13-5-7-20(11-13)17-4-6-19-16-10-14(18)2-3-15(16)17/h2-4,6,10,13H,5,7-9,11-12H2,1H3. The summed E-state index contributed by atoms with van der Waals surface area (Å²) in [5.41, 5.74) is 1.83. The average molecular weight is 304 g/mol. The number of aromatic nitrogens is 1. The van der Waals surface area contributed by atoms with Gasteiger partial charge in [0.1, 0.15) is 5.82 Å². The van der Waals surface area contributed by atoms with Crippen LogP contribution < -0.4 is 4.90 Å². The molecule has 1 aromatic heterocycles. The molecule has 3 rings (SSSR count). The second-order valence-corrected chi connectivity index (χ2v) is 5.66. The van der Waals surface area contributed by atoms with Crippen molar-refractivity contribution >= 4 is 16.6 Å². The van der Waals surface area contributed by atoms with E-state index in [0.29, 0.717) is 24.6 Å². The summed E-state index contributed by atoms with van der Waals surface area (Å²) in [4.78, 5) is 6.60. The molecular weight excluding hydrogens is 283 g/mol. The van der Waals surface area contributed by atoms with Crippen LogP contribution in [0.5, 0.6) is 0 Å². The highest BCUT2D eigenvalue weighted by atomic mass is 19.1. The summed E-state index contributed by atoms with van der Waals surface area (Å²) >= 11 is 0. The molecule has 1 atom stereocenters. The third-order valence-corrected chi connectivity index (χ3v) is 4.09. The largest absolute Gasteiger partial charge is 0.382 e. The Bertz CT molecular complexity index is 635. The van der Waals surface area contributed by atoms with Crippen LogP contribution in [0.15, 0.2) is 30.5 Å². The van der Waals surface area contributed by atoms with E-state index in [1.54, 1.807) is 13.3 Å². The summed E-state index contributed by atoms with van der Waals surface area (Å²) in [7, 11) is 1.68. The molecule has 0 bridgehead atoms.